The van der Waals surface area contributed by atoms with E-state index in [2.05, 4.69) is 149 Å². The summed E-state index contributed by atoms with van der Waals surface area (Å²) < 4.78 is 14.0. The van der Waals surface area contributed by atoms with Gasteiger partial charge in [-0.05, 0) is 148 Å². The molecule has 148 heavy (non-hydrogen) atoms. The number of benzene rings is 7. The summed E-state index contributed by atoms with van der Waals surface area (Å²) in [6, 6.07) is 77.1. The van der Waals surface area contributed by atoms with Gasteiger partial charge >= 0.3 is 24.1 Å². The van der Waals surface area contributed by atoms with Crippen LogP contribution < -0.4 is 42.5 Å². The number of nitrogens with one attached hydrogen (secondary N) is 12. The largest absolute Gasteiger partial charge is 0.354 e. The van der Waals surface area contributed by atoms with Crippen molar-refractivity contribution in [2.45, 2.75) is 27.7 Å². The van der Waals surface area contributed by atoms with E-state index in [1.54, 1.807) is 97.0 Å². The number of pyridine rings is 3. The molecular weight excluding hydrogens is 1870 g/mol. The van der Waals surface area contributed by atoms with Gasteiger partial charge in [0.1, 0.15) is 95.4 Å². The molecule has 0 bridgehead atoms. The summed E-state index contributed by atoms with van der Waals surface area (Å²) in [6.45, 7) is 7.74. The van der Waals surface area contributed by atoms with Crippen LogP contribution in [0.3, 0.4) is 0 Å². The van der Waals surface area contributed by atoms with Crippen LogP contribution in [0.15, 0.2) is 336 Å². The third kappa shape index (κ3) is 20.9. The number of imidazole rings is 6. The second-order valence-corrected chi connectivity index (χ2v) is 34.3. The molecule has 0 unspecified atom stereocenters. The maximum Gasteiger partial charge on any atom is 0.324 e. The zero-order valence-corrected chi connectivity index (χ0v) is 80.6. The Labute approximate surface area is 841 Å². The van der Waals surface area contributed by atoms with E-state index in [-0.39, 0.29) is 24.1 Å². The normalized spacial score (nSPS) is 11.1. The lowest BCUT2D eigenvalue weighted by Gasteiger charge is -2.08. The number of aryl methyl sites for hydroxylation is 8. The van der Waals surface area contributed by atoms with Crippen molar-refractivity contribution in [3.05, 3.63) is 359 Å². The Morgan fingerprint density at radius 1 is 0.284 bits per heavy atom. The van der Waals surface area contributed by atoms with Crippen LogP contribution in [0.25, 0.3) is 158 Å². The summed E-state index contributed by atoms with van der Waals surface area (Å²) in [5.74, 6) is 6.65. The van der Waals surface area contributed by atoms with Gasteiger partial charge in [0.15, 0.2) is 23.1 Å². The SMILES string of the molecule is Cc1cn(-c2nccc3[nH]c(-c4ccc(NC(=O)Nc5cc(-c6ccccc6)nn5C)cc4)cc23)cn1.Cc1cn(-c2nccc3[nH]c(-c4ccc(NC(=O)Nc5cc(-c6ccncc6)nn5C)cc4)nc23)cn1.Cc1cn(-c2ncnc3[nH]c(-c4ccc(NC(=O)Nc5cc(-c6ccccc6)nn5C)cc4)cc23)cn1.Cc1cn(-c2ncnc3nc(-c4ccc(NC(=O)Nc5cc(-c6ccccc6)nn5C)cc4)[nH]c23)cn1. The number of aromatic nitrogens is 29. The molecule has 0 fully saturated rings. The second-order valence-electron chi connectivity index (χ2n) is 34.3. The molecule has 8 amide bonds. The van der Waals surface area contributed by atoms with Gasteiger partial charge < -0.3 is 41.2 Å². The van der Waals surface area contributed by atoms with Crippen molar-refractivity contribution < 1.29 is 19.2 Å². The van der Waals surface area contributed by atoms with E-state index >= 15 is 0 Å². The topological polar surface area (TPSA) is 486 Å². The van der Waals surface area contributed by atoms with Crippen LogP contribution in [0, 0.1) is 27.7 Å². The van der Waals surface area contributed by atoms with Crippen molar-refractivity contribution in [3.8, 4) is 114 Å². The Hall–Kier alpha value is -21.1. The molecule has 24 aromatic rings. The zero-order chi connectivity index (χ0) is 101. The molecule has 728 valence electrons. The van der Waals surface area contributed by atoms with Gasteiger partial charge in [0, 0.05) is 175 Å². The van der Waals surface area contributed by atoms with E-state index in [9.17, 15) is 19.2 Å². The number of hydrogen-bond acceptors (Lipinski definition) is 21. The number of hydrogen-bond donors (Lipinski definition) is 12. The fourth-order valence-electron chi connectivity index (χ4n) is 16.5. The van der Waals surface area contributed by atoms with Crippen molar-refractivity contribution in [1.82, 2.24) is 142 Å². The first-order valence-corrected chi connectivity index (χ1v) is 46.5. The van der Waals surface area contributed by atoms with Crippen LogP contribution >= 0.6 is 0 Å². The van der Waals surface area contributed by atoms with E-state index in [0.29, 0.717) is 80.5 Å². The third-order valence-electron chi connectivity index (χ3n) is 23.8. The number of H-pyrrole nitrogens is 4. The number of carbonyl (C=O) groups is 4. The van der Waals surface area contributed by atoms with Crippen molar-refractivity contribution in [1.29, 1.82) is 0 Å². The second kappa shape index (κ2) is 41.0. The summed E-state index contributed by atoms with van der Waals surface area (Å²) in [5.41, 5.74) is 23.4. The third-order valence-corrected chi connectivity index (χ3v) is 23.8. The predicted octanol–water partition coefficient (Wildman–Crippen LogP) is 20.0. The Balaban J connectivity index is 0.000000116. The summed E-state index contributed by atoms with van der Waals surface area (Å²) in [5, 5.41) is 42.7. The average molecular weight is 1960 g/mol. The number of carbonyl (C=O) groups excluding carboxylic acids is 4. The molecule has 17 aromatic heterocycles. The molecule has 0 aliphatic carbocycles. The molecule has 12 N–H and O–H groups in total. The molecule has 0 atom stereocenters. The van der Waals surface area contributed by atoms with Gasteiger partial charge in [0.25, 0.3) is 0 Å². The zero-order valence-electron chi connectivity index (χ0n) is 80.6. The summed E-state index contributed by atoms with van der Waals surface area (Å²) in [6.07, 6.45) is 24.6. The Morgan fingerprint density at radius 2 is 0.635 bits per heavy atom. The molecule has 7 aromatic carbocycles. The van der Waals surface area contributed by atoms with Crippen LogP contribution in [0.1, 0.15) is 22.8 Å². The van der Waals surface area contributed by atoms with E-state index in [1.165, 1.54) is 12.7 Å². The highest BCUT2D eigenvalue weighted by Crippen LogP contribution is 2.35. The van der Waals surface area contributed by atoms with Crippen LogP contribution in [0.2, 0.25) is 0 Å². The van der Waals surface area contributed by atoms with Crippen molar-refractivity contribution in [2.24, 2.45) is 28.2 Å². The Morgan fingerprint density at radius 3 is 1.05 bits per heavy atom. The summed E-state index contributed by atoms with van der Waals surface area (Å²) in [4.78, 5) is 121. The lowest BCUT2D eigenvalue weighted by atomic mass is 10.1. The van der Waals surface area contributed by atoms with E-state index < -0.39 is 0 Å². The minimum atomic E-state index is -0.368. The molecular formula is C107H91N37O4. The maximum atomic E-state index is 12.6. The van der Waals surface area contributed by atoms with Gasteiger partial charge in [-0.1, -0.05) is 115 Å². The lowest BCUT2D eigenvalue weighted by Crippen LogP contribution is -2.20. The Bertz CT molecular complexity index is 7880. The Kier molecular flexibility index (Phi) is 25.8. The minimum absolute atomic E-state index is 0.340. The van der Waals surface area contributed by atoms with E-state index in [4.69, 9.17) is 4.98 Å². The molecule has 24 rings (SSSR count). The number of urea groups is 4. The van der Waals surface area contributed by atoms with E-state index in [1.807, 2.05) is 313 Å². The quantitative estimate of drug-likeness (QED) is 0.0337. The van der Waals surface area contributed by atoms with Crippen LogP contribution in [-0.4, -0.2) is 166 Å². The molecule has 41 nitrogen and oxygen atoms in total. The number of rotatable bonds is 20. The van der Waals surface area contributed by atoms with E-state index in [0.717, 1.165) is 146 Å². The molecule has 0 aliphatic heterocycles. The maximum absolute atomic E-state index is 12.6. The first-order valence-electron chi connectivity index (χ1n) is 46.5. The summed E-state index contributed by atoms with van der Waals surface area (Å²) in [7, 11) is 7.15. The van der Waals surface area contributed by atoms with Gasteiger partial charge in [0.2, 0.25) is 0 Å². The molecule has 0 aliphatic rings. The standard InChI is InChI=1S/C28H24N8O.C27H23N9O.2C26H22N10O/c1-18-16-36(17-30-18)27-22-14-24(32-23(22)12-13-29-27)20-8-10-21(11-9-20)31-28(37)33-26-15-25(34-35(26)2)19-6-4-3-5-7-19;1-17-14-36(16-30-17)26-21-12-22(32-25(21)28-15-29-26)19-8-10-20(11-9-19)31-27(37)33-24-13-23(34-35(24)2)18-6-4-3-5-7-18;1-16-14-36(15-29-16)25-23-20(9-12-28-25)31-24(33-23)18-3-5-19(6-4-18)30-26(37)32-22-13-21(34-35(22)2)17-7-10-27-11-8-17;1-16-13-36(15-29-16)25-22-24(27-14-28-25)33-23(32-22)18-8-10-19(11-9-18)30-26(37)31-21-12-20(34-35(21)2)17-6-4-3-5-7-17/h3-17,32H,1-2H3,(H2,31,33,37);3-16H,1-2H3,(H,28,29,32)(H2,31,33,37);3-15H,1-2H3,(H,31,33)(H2,30,32,37);3-15H,1-2H3,(H2,30,31,37)(H,27,28,32,33). The highest BCUT2D eigenvalue weighted by atomic mass is 16.2. The smallest absolute Gasteiger partial charge is 0.324 e. The number of nitrogens with zero attached hydrogens (tertiary/aromatic N) is 25. The van der Waals surface area contributed by atoms with Crippen LogP contribution in [0.4, 0.5) is 65.2 Å². The fraction of sp³-hybridized carbons (Fsp3) is 0.0748. The van der Waals surface area contributed by atoms with Crippen molar-refractivity contribution in [3.63, 3.8) is 0 Å². The van der Waals surface area contributed by atoms with Crippen LogP contribution in [0.5, 0.6) is 0 Å². The number of anilines is 8. The van der Waals surface area contributed by atoms with Gasteiger partial charge in [-0.15, -0.1) is 0 Å². The first-order chi connectivity index (χ1) is 72.1. The number of fused-ring (bicyclic) bond motifs is 4. The highest BCUT2D eigenvalue weighted by molar-refractivity contribution is 6.03. The fourth-order valence-corrected chi connectivity index (χ4v) is 16.5. The predicted molar refractivity (Wildman–Crippen MR) is 568 cm³/mol. The van der Waals surface area contributed by atoms with Crippen molar-refractivity contribution in [2.75, 3.05) is 42.5 Å². The van der Waals surface area contributed by atoms with Gasteiger partial charge in [-0.25, -0.2) is 79.0 Å². The van der Waals surface area contributed by atoms with Crippen LogP contribution in [-0.2, 0) is 28.2 Å². The molecule has 41 heteroatoms. The highest BCUT2D eigenvalue weighted by Gasteiger charge is 2.22. The molecule has 0 radical (unpaired) electrons. The molecule has 0 spiro atoms. The molecule has 0 saturated carbocycles. The lowest BCUT2D eigenvalue weighted by molar-refractivity contribution is 0.261. The molecule has 0 saturated heterocycles. The molecule has 17 heterocycles. The first kappa shape index (κ1) is 93.2. The monoisotopic (exact) mass is 1960 g/mol. The number of amides is 8. The van der Waals surface area contributed by atoms with Gasteiger partial charge in [-0.3, -0.25) is 63.2 Å². The average Bonchev–Trinajstić information content (AvgIpc) is 1.64. The number of aromatic amines is 4. The van der Waals surface area contributed by atoms with Gasteiger partial charge in [-0.2, -0.15) is 20.4 Å². The van der Waals surface area contributed by atoms with Gasteiger partial charge in [0.05, 0.1) is 62.0 Å². The minimum Gasteiger partial charge on any atom is -0.354 e. The summed E-state index contributed by atoms with van der Waals surface area (Å²) >= 11 is 0. The van der Waals surface area contributed by atoms with Crippen molar-refractivity contribution >= 4 is 114 Å².